The minimum atomic E-state index is -0.116. The lowest BCUT2D eigenvalue weighted by atomic mass is 9.86. The Hall–Kier alpha value is -1.39. The molecule has 2 fully saturated rings. The van der Waals surface area contributed by atoms with Crippen molar-refractivity contribution in [1.82, 2.24) is 10.2 Å². The van der Waals surface area contributed by atoms with Crippen molar-refractivity contribution in [3.63, 3.8) is 0 Å². The SMILES string of the molecule is CC(C)(C)NCC1COC2(CCCN(C(=O)Cc3ccccc3)C2)C1. The summed E-state index contributed by atoms with van der Waals surface area (Å²) in [5.74, 6) is 0.772. The van der Waals surface area contributed by atoms with Crippen LogP contribution in [0, 0.1) is 5.92 Å². The van der Waals surface area contributed by atoms with Gasteiger partial charge in [0, 0.05) is 25.2 Å². The van der Waals surface area contributed by atoms with Gasteiger partial charge in [-0.05, 0) is 51.5 Å². The fourth-order valence-electron chi connectivity index (χ4n) is 4.00. The van der Waals surface area contributed by atoms with Crippen LogP contribution in [0.15, 0.2) is 30.3 Å². The molecule has 2 unspecified atom stereocenters. The normalized spacial score (nSPS) is 27.0. The molecular formula is C21H32N2O2. The molecule has 2 heterocycles. The van der Waals surface area contributed by atoms with E-state index in [9.17, 15) is 4.79 Å². The number of rotatable bonds is 4. The molecule has 2 aliphatic rings. The molecule has 2 saturated heterocycles. The molecule has 0 bridgehead atoms. The molecule has 4 heteroatoms. The van der Waals surface area contributed by atoms with Gasteiger partial charge in [-0.25, -0.2) is 0 Å². The molecule has 1 aromatic carbocycles. The molecule has 1 spiro atoms. The van der Waals surface area contributed by atoms with Crippen LogP contribution in [-0.2, 0) is 16.0 Å². The molecule has 1 N–H and O–H groups in total. The Morgan fingerprint density at radius 3 is 2.80 bits per heavy atom. The first kappa shape index (κ1) is 18.4. The number of likely N-dealkylation sites (tertiary alicyclic amines) is 1. The van der Waals surface area contributed by atoms with Crippen LogP contribution < -0.4 is 5.32 Å². The first-order valence-electron chi connectivity index (χ1n) is 9.56. The van der Waals surface area contributed by atoms with Crippen molar-refractivity contribution in [2.24, 2.45) is 5.92 Å². The summed E-state index contributed by atoms with van der Waals surface area (Å²) in [7, 11) is 0. The van der Waals surface area contributed by atoms with Crippen LogP contribution in [0.25, 0.3) is 0 Å². The zero-order valence-electron chi connectivity index (χ0n) is 15.9. The monoisotopic (exact) mass is 344 g/mol. The summed E-state index contributed by atoms with van der Waals surface area (Å²) in [4.78, 5) is 14.7. The van der Waals surface area contributed by atoms with Gasteiger partial charge in [-0.3, -0.25) is 4.79 Å². The number of piperidine rings is 1. The van der Waals surface area contributed by atoms with E-state index >= 15 is 0 Å². The van der Waals surface area contributed by atoms with Crippen molar-refractivity contribution >= 4 is 5.91 Å². The second kappa shape index (κ2) is 7.46. The Bertz CT molecular complexity index is 581. The standard InChI is InChI=1S/C21H32N2O2/c1-20(2,3)22-14-18-13-21(25-15-18)10-7-11-23(16-21)19(24)12-17-8-5-4-6-9-17/h4-6,8-9,18,22H,7,10-16H2,1-3H3. The minimum Gasteiger partial charge on any atom is -0.373 e. The van der Waals surface area contributed by atoms with Crippen molar-refractivity contribution < 1.29 is 9.53 Å². The predicted molar refractivity (Wildman–Crippen MR) is 101 cm³/mol. The molecule has 0 saturated carbocycles. The summed E-state index contributed by atoms with van der Waals surface area (Å²) in [6, 6.07) is 10.0. The number of nitrogens with zero attached hydrogens (tertiary/aromatic N) is 1. The third kappa shape index (κ3) is 5.05. The maximum absolute atomic E-state index is 12.7. The van der Waals surface area contributed by atoms with Gasteiger partial charge in [0.1, 0.15) is 0 Å². The number of benzene rings is 1. The Labute approximate surface area is 151 Å². The lowest BCUT2D eigenvalue weighted by molar-refractivity contribution is -0.138. The largest absolute Gasteiger partial charge is 0.373 e. The van der Waals surface area contributed by atoms with E-state index in [0.29, 0.717) is 12.3 Å². The number of carbonyl (C=O) groups excluding carboxylic acids is 1. The second-order valence-electron chi connectivity index (χ2n) is 8.78. The minimum absolute atomic E-state index is 0.116. The number of carbonyl (C=O) groups is 1. The molecule has 25 heavy (non-hydrogen) atoms. The third-order valence-electron chi connectivity index (χ3n) is 5.30. The average Bonchev–Trinajstić information content (AvgIpc) is 2.96. The van der Waals surface area contributed by atoms with Crippen LogP contribution >= 0.6 is 0 Å². The molecule has 0 aromatic heterocycles. The molecule has 138 valence electrons. The summed E-state index contributed by atoms with van der Waals surface area (Å²) in [6.45, 7) is 10.0. The molecule has 1 aromatic rings. The highest BCUT2D eigenvalue weighted by Crippen LogP contribution is 2.37. The van der Waals surface area contributed by atoms with Gasteiger partial charge in [0.15, 0.2) is 0 Å². The Morgan fingerprint density at radius 1 is 1.32 bits per heavy atom. The summed E-state index contributed by atoms with van der Waals surface area (Å²) in [5, 5.41) is 3.59. The predicted octanol–water partition coefficient (Wildman–Crippen LogP) is 3.01. The first-order valence-corrected chi connectivity index (χ1v) is 9.56. The van der Waals surface area contributed by atoms with Gasteiger partial charge in [0.2, 0.25) is 5.91 Å². The fraction of sp³-hybridized carbons (Fsp3) is 0.667. The van der Waals surface area contributed by atoms with E-state index in [1.807, 2.05) is 35.2 Å². The van der Waals surface area contributed by atoms with Crippen LogP contribution in [-0.4, -0.2) is 48.2 Å². The van der Waals surface area contributed by atoms with Crippen molar-refractivity contribution in [1.29, 1.82) is 0 Å². The zero-order valence-corrected chi connectivity index (χ0v) is 15.9. The number of amides is 1. The summed E-state index contributed by atoms with van der Waals surface area (Å²) < 4.78 is 6.26. The number of hydrogen-bond acceptors (Lipinski definition) is 3. The third-order valence-corrected chi connectivity index (χ3v) is 5.30. The van der Waals surface area contributed by atoms with E-state index in [1.165, 1.54) is 0 Å². The van der Waals surface area contributed by atoms with Crippen LogP contribution in [0.3, 0.4) is 0 Å². The highest BCUT2D eigenvalue weighted by Gasteiger charge is 2.44. The zero-order chi connectivity index (χ0) is 17.9. The van der Waals surface area contributed by atoms with Crippen LogP contribution in [0.1, 0.15) is 45.6 Å². The molecule has 0 radical (unpaired) electrons. The second-order valence-corrected chi connectivity index (χ2v) is 8.78. The quantitative estimate of drug-likeness (QED) is 0.913. The van der Waals surface area contributed by atoms with E-state index in [4.69, 9.17) is 4.74 Å². The van der Waals surface area contributed by atoms with E-state index < -0.39 is 0 Å². The van der Waals surface area contributed by atoms with Crippen LogP contribution in [0.2, 0.25) is 0 Å². The maximum atomic E-state index is 12.7. The van der Waals surface area contributed by atoms with Gasteiger partial charge < -0.3 is 15.0 Å². The molecule has 3 rings (SSSR count). The lowest BCUT2D eigenvalue weighted by Gasteiger charge is -2.40. The Morgan fingerprint density at radius 2 is 2.08 bits per heavy atom. The van der Waals surface area contributed by atoms with E-state index in [2.05, 4.69) is 26.1 Å². The highest BCUT2D eigenvalue weighted by molar-refractivity contribution is 5.79. The molecule has 0 aliphatic carbocycles. The fourth-order valence-corrected chi connectivity index (χ4v) is 4.00. The van der Waals surface area contributed by atoms with Gasteiger partial charge >= 0.3 is 0 Å². The van der Waals surface area contributed by atoms with Crippen molar-refractivity contribution in [3.05, 3.63) is 35.9 Å². The number of hydrogen-bond donors (Lipinski definition) is 1. The average molecular weight is 344 g/mol. The van der Waals surface area contributed by atoms with E-state index in [1.54, 1.807) is 0 Å². The van der Waals surface area contributed by atoms with Gasteiger partial charge in [-0.1, -0.05) is 30.3 Å². The smallest absolute Gasteiger partial charge is 0.227 e. The molecule has 4 nitrogen and oxygen atoms in total. The van der Waals surface area contributed by atoms with Crippen LogP contribution in [0.4, 0.5) is 0 Å². The van der Waals surface area contributed by atoms with Gasteiger partial charge in [0.05, 0.1) is 18.6 Å². The van der Waals surface area contributed by atoms with Crippen molar-refractivity contribution in [3.8, 4) is 0 Å². The van der Waals surface area contributed by atoms with Crippen molar-refractivity contribution in [2.45, 2.75) is 57.6 Å². The van der Waals surface area contributed by atoms with Crippen LogP contribution in [0.5, 0.6) is 0 Å². The molecule has 2 aliphatic heterocycles. The Kier molecular flexibility index (Phi) is 5.49. The van der Waals surface area contributed by atoms with Crippen molar-refractivity contribution in [2.75, 3.05) is 26.2 Å². The molecule has 2 atom stereocenters. The highest BCUT2D eigenvalue weighted by atomic mass is 16.5. The summed E-state index contributed by atoms with van der Waals surface area (Å²) >= 11 is 0. The van der Waals surface area contributed by atoms with Gasteiger partial charge in [-0.15, -0.1) is 0 Å². The van der Waals surface area contributed by atoms with E-state index in [-0.39, 0.29) is 17.0 Å². The molecule has 1 amide bonds. The Balaban J connectivity index is 1.55. The van der Waals surface area contributed by atoms with Gasteiger partial charge in [-0.2, -0.15) is 0 Å². The number of nitrogens with one attached hydrogen (secondary N) is 1. The summed E-state index contributed by atoms with van der Waals surface area (Å²) in [5.41, 5.74) is 1.11. The summed E-state index contributed by atoms with van der Waals surface area (Å²) in [6.07, 6.45) is 3.67. The topological polar surface area (TPSA) is 41.6 Å². The first-order chi connectivity index (χ1) is 11.9. The molecular weight excluding hydrogens is 312 g/mol. The van der Waals surface area contributed by atoms with E-state index in [0.717, 1.165) is 51.1 Å². The van der Waals surface area contributed by atoms with Gasteiger partial charge in [0.25, 0.3) is 0 Å². The lowest BCUT2D eigenvalue weighted by Crippen LogP contribution is -2.50. The maximum Gasteiger partial charge on any atom is 0.227 e. The number of ether oxygens (including phenoxy) is 1.